The van der Waals surface area contributed by atoms with Crippen LogP contribution in [-0.2, 0) is 0 Å². The summed E-state index contributed by atoms with van der Waals surface area (Å²) in [5.41, 5.74) is 2.74. The summed E-state index contributed by atoms with van der Waals surface area (Å²) in [6.45, 7) is 0. The monoisotopic (exact) mass is 333 g/mol. The quantitative estimate of drug-likeness (QED) is 0.619. The molecular formula is C14H12N3O3PS. The third-order valence-electron chi connectivity index (χ3n) is 2.77. The van der Waals surface area contributed by atoms with E-state index in [1.165, 1.54) is 11.3 Å². The Morgan fingerprint density at radius 2 is 1.77 bits per heavy atom. The standard InChI is InChI=1S/C14H12N3O3PS/c18-21(19)20-12-3-1-11(2-4-12)16-14-17-13(9-22-14)10-5-7-15-8-6-10/h1-9,18-19H,(H,16,17). The fourth-order valence-corrected chi connectivity index (χ4v) is 2.85. The average Bonchev–Trinajstić information content (AvgIpc) is 2.98. The molecule has 0 aliphatic carbocycles. The molecule has 0 amide bonds. The summed E-state index contributed by atoms with van der Waals surface area (Å²) in [5.74, 6) is 0.401. The lowest BCUT2D eigenvalue weighted by Gasteiger charge is -2.06. The Kier molecular flexibility index (Phi) is 4.60. The van der Waals surface area contributed by atoms with Crippen molar-refractivity contribution in [1.82, 2.24) is 9.97 Å². The Morgan fingerprint density at radius 3 is 2.45 bits per heavy atom. The topological polar surface area (TPSA) is 87.5 Å². The highest BCUT2D eigenvalue weighted by Crippen LogP contribution is 2.31. The van der Waals surface area contributed by atoms with Crippen LogP contribution in [0.5, 0.6) is 5.75 Å². The van der Waals surface area contributed by atoms with E-state index in [1.54, 1.807) is 36.7 Å². The lowest BCUT2D eigenvalue weighted by atomic mass is 10.2. The first-order chi connectivity index (χ1) is 10.7. The van der Waals surface area contributed by atoms with Crippen molar-refractivity contribution in [3.05, 3.63) is 54.2 Å². The van der Waals surface area contributed by atoms with Gasteiger partial charge < -0.3 is 19.6 Å². The van der Waals surface area contributed by atoms with Gasteiger partial charge >= 0.3 is 8.60 Å². The van der Waals surface area contributed by atoms with Crippen molar-refractivity contribution < 1.29 is 14.3 Å². The molecule has 2 heterocycles. The number of benzene rings is 1. The van der Waals surface area contributed by atoms with Gasteiger partial charge in [0.15, 0.2) is 5.13 Å². The van der Waals surface area contributed by atoms with E-state index in [0.717, 1.165) is 22.1 Å². The molecule has 0 atom stereocenters. The molecule has 0 aliphatic rings. The Balaban J connectivity index is 1.70. The van der Waals surface area contributed by atoms with Crippen molar-refractivity contribution in [1.29, 1.82) is 0 Å². The molecule has 0 aliphatic heterocycles. The van der Waals surface area contributed by atoms with Gasteiger partial charge in [0, 0.05) is 29.0 Å². The fraction of sp³-hybridized carbons (Fsp3) is 0. The maximum atomic E-state index is 8.79. The predicted molar refractivity (Wildman–Crippen MR) is 87.1 cm³/mol. The fourth-order valence-electron chi connectivity index (χ4n) is 1.80. The zero-order valence-corrected chi connectivity index (χ0v) is 13.0. The second kappa shape index (κ2) is 6.81. The SMILES string of the molecule is OP(O)Oc1ccc(Nc2nc(-c3ccncc3)cs2)cc1. The van der Waals surface area contributed by atoms with Crippen LogP contribution in [0.2, 0.25) is 0 Å². The van der Waals surface area contributed by atoms with Crippen LogP contribution in [0.25, 0.3) is 11.3 Å². The molecule has 0 saturated heterocycles. The van der Waals surface area contributed by atoms with E-state index < -0.39 is 8.60 Å². The Bertz CT molecular complexity index is 735. The number of aromatic nitrogens is 2. The smallest absolute Gasteiger partial charge is 0.391 e. The molecule has 112 valence electrons. The van der Waals surface area contributed by atoms with E-state index in [9.17, 15) is 0 Å². The highest BCUT2D eigenvalue weighted by atomic mass is 32.1. The van der Waals surface area contributed by atoms with Gasteiger partial charge in [0.25, 0.3) is 0 Å². The summed E-state index contributed by atoms with van der Waals surface area (Å²) < 4.78 is 4.81. The van der Waals surface area contributed by atoms with Crippen molar-refractivity contribution in [3.63, 3.8) is 0 Å². The van der Waals surface area contributed by atoms with Crippen molar-refractivity contribution in [3.8, 4) is 17.0 Å². The molecule has 2 aromatic heterocycles. The van der Waals surface area contributed by atoms with E-state index in [2.05, 4.69) is 15.3 Å². The van der Waals surface area contributed by atoms with Crippen molar-refractivity contribution in [2.45, 2.75) is 0 Å². The lowest BCUT2D eigenvalue weighted by Crippen LogP contribution is -1.90. The van der Waals surface area contributed by atoms with Crippen LogP contribution in [0.1, 0.15) is 0 Å². The summed E-state index contributed by atoms with van der Waals surface area (Å²) in [6.07, 6.45) is 3.47. The number of nitrogens with zero attached hydrogens (tertiary/aromatic N) is 2. The van der Waals surface area contributed by atoms with Crippen molar-refractivity contribution in [2.24, 2.45) is 0 Å². The highest BCUT2D eigenvalue weighted by Gasteiger charge is 2.06. The third kappa shape index (κ3) is 3.78. The van der Waals surface area contributed by atoms with Gasteiger partial charge in [-0.3, -0.25) is 4.98 Å². The van der Waals surface area contributed by atoms with Crippen LogP contribution in [0, 0.1) is 0 Å². The molecule has 0 fully saturated rings. The van der Waals surface area contributed by atoms with Crippen LogP contribution in [0.15, 0.2) is 54.2 Å². The Hall–Kier alpha value is -2.05. The molecule has 3 N–H and O–H groups in total. The molecule has 0 bridgehead atoms. The first-order valence-corrected chi connectivity index (χ1v) is 8.34. The third-order valence-corrected chi connectivity index (χ3v) is 3.90. The van der Waals surface area contributed by atoms with E-state index in [0.29, 0.717) is 5.75 Å². The van der Waals surface area contributed by atoms with E-state index >= 15 is 0 Å². The van der Waals surface area contributed by atoms with Crippen LogP contribution >= 0.6 is 19.9 Å². The number of nitrogens with one attached hydrogen (secondary N) is 1. The second-order valence-electron chi connectivity index (χ2n) is 4.27. The summed E-state index contributed by atoms with van der Waals surface area (Å²) in [6, 6.07) is 10.7. The molecule has 0 spiro atoms. The van der Waals surface area contributed by atoms with E-state index in [4.69, 9.17) is 14.3 Å². The average molecular weight is 333 g/mol. The highest BCUT2D eigenvalue weighted by molar-refractivity contribution is 7.39. The number of rotatable bonds is 5. The van der Waals surface area contributed by atoms with Gasteiger partial charge in [-0.15, -0.1) is 11.3 Å². The van der Waals surface area contributed by atoms with E-state index in [1.807, 2.05) is 17.5 Å². The van der Waals surface area contributed by atoms with Gasteiger partial charge in [-0.25, -0.2) is 4.98 Å². The number of hydrogen-bond acceptors (Lipinski definition) is 7. The molecule has 22 heavy (non-hydrogen) atoms. The number of anilines is 2. The normalized spacial score (nSPS) is 10.7. The first-order valence-electron chi connectivity index (χ1n) is 6.29. The van der Waals surface area contributed by atoms with Gasteiger partial charge in [0.2, 0.25) is 0 Å². The Morgan fingerprint density at radius 1 is 1.05 bits per heavy atom. The van der Waals surface area contributed by atoms with Gasteiger partial charge in [-0.05, 0) is 36.4 Å². The van der Waals surface area contributed by atoms with Gasteiger partial charge in [-0.2, -0.15) is 0 Å². The van der Waals surface area contributed by atoms with Crippen LogP contribution in [0.4, 0.5) is 10.8 Å². The number of hydrogen-bond donors (Lipinski definition) is 3. The molecule has 1 aromatic carbocycles. The molecule has 0 saturated carbocycles. The van der Waals surface area contributed by atoms with Gasteiger partial charge in [0.05, 0.1) is 5.69 Å². The molecular weight excluding hydrogens is 321 g/mol. The summed E-state index contributed by atoms with van der Waals surface area (Å²) in [5, 5.41) is 5.93. The molecule has 0 radical (unpaired) electrons. The minimum absolute atomic E-state index is 0.401. The summed E-state index contributed by atoms with van der Waals surface area (Å²) >= 11 is 1.50. The van der Waals surface area contributed by atoms with Gasteiger partial charge in [-0.1, -0.05) is 0 Å². The molecule has 0 unspecified atom stereocenters. The number of thiazole rings is 1. The maximum absolute atomic E-state index is 8.79. The van der Waals surface area contributed by atoms with E-state index in [-0.39, 0.29) is 0 Å². The molecule has 3 aromatic rings. The largest absolute Gasteiger partial charge is 0.427 e. The van der Waals surface area contributed by atoms with Crippen molar-refractivity contribution in [2.75, 3.05) is 5.32 Å². The zero-order valence-electron chi connectivity index (χ0n) is 11.2. The molecule has 3 rings (SSSR count). The Labute approximate surface area is 132 Å². The van der Waals surface area contributed by atoms with Crippen molar-refractivity contribution >= 4 is 30.8 Å². The summed E-state index contributed by atoms with van der Waals surface area (Å²) in [7, 11) is -2.39. The lowest BCUT2D eigenvalue weighted by molar-refractivity contribution is 0.375. The molecule has 6 nitrogen and oxygen atoms in total. The van der Waals surface area contributed by atoms with Crippen LogP contribution < -0.4 is 9.84 Å². The van der Waals surface area contributed by atoms with Crippen LogP contribution in [-0.4, -0.2) is 19.8 Å². The maximum Gasteiger partial charge on any atom is 0.391 e. The van der Waals surface area contributed by atoms with Crippen LogP contribution in [0.3, 0.4) is 0 Å². The summed E-state index contributed by atoms with van der Waals surface area (Å²) in [4.78, 5) is 26.1. The van der Waals surface area contributed by atoms with Gasteiger partial charge in [0.1, 0.15) is 5.75 Å². The molecule has 8 heteroatoms. The first kappa shape index (κ1) is 14.9. The minimum atomic E-state index is -2.39. The predicted octanol–water partition coefficient (Wildman–Crippen LogP) is 3.54. The zero-order chi connectivity index (χ0) is 15.4. The minimum Gasteiger partial charge on any atom is -0.427 e. The second-order valence-corrected chi connectivity index (χ2v) is 5.81. The number of pyridine rings is 1.